The van der Waals surface area contributed by atoms with Crippen LogP contribution in [0.1, 0.15) is 29.4 Å². The number of methoxy groups -OCH3 is 2. The molecular weight excluding hydrogens is 292 g/mol. The lowest BCUT2D eigenvalue weighted by molar-refractivity contribution is 0.102. The molecule has 6 heteroatoms. The van der Waals surface area contributed by atoms with Gasteiger partial charge in [-0.2, -0.15) is 5.10 Å². The Morgan fingerprint density at radius 2 is 2.10 bits per heavy atom. The van der Waals surface area contributed by atoms with Crippen molar-refractivity contribution in [3.63, 3.8) is 0 Å². The number of hydrogen-bond acceptors (Lipinski definition) is 4. The number of aromatic nitrogens is 2. The minimum atomic E-state index is -0.217. The minimum Gasteiger partial charge on any atom is -0.497 e. The van der Waals surface area contributed by atoms with Crippen LogP contribution in [0.15, 0.2) is 24.4 Å². The Morgan fingerprint density at radius 1 is 1.33 bits per heavy atom. The van der Waals surface area contributed by atoms with E-state index in [0.29, 0.717) is 34.3 Å². The Bertz CT molecular complexity index is 652. The molecule has 0 N–H and O–H groups in total. The lowest BCUT2D eigenvalue weighted by atomic mass is 10.1. The fourth-order valence-corrected chi connectivity index (χ4v) is 2.31. The summed E-state index contributed by atoms with van der Waals surface area (Å²) in [5.74, 6) is 0.849. The Morgan fingerprint density at radius 3 is 2.71 bits per heavy atom. The van der Waals surface area contributed by atoms with Gasteiger partial charge in [0.05, 0.1) is 31.0 Å². The first-order chi connectivity index (χ1) is 10.1. The number of ether oxygens (including phenoxy) is 2. The number of carbonyl (C=O) groups excluding carboxylic acids is 1. The largest absolute Gasteiger partial charge is 0.497 e. The van der Waals surface area contributed by atoms with E-state index in [0.717, 1.165) is 6.42 Å². The zero-order valence-corrected chi connectivity index (χ0v) is 13.0. The lowest BCUT2D eigenvalue weighted by Crippen LogP contribution is -2.13. The number of aryl methyl sites for hydroxylation is 1. The maximum Gasteiger partial charge on any atom is 0.216 e. The molecule has 5 nitrogen and oxygen atoms in total. The van der Waals surface area contributed by atoms with E-state index in [9.17, 15) is 4.79 Å². The number of nitrogens with zero attached hydrogens (tertiary/aromatic N) is 2. The van der Waals surface area contributed by atoms with Crippen LogP contribution in [0, 0.1) is 0 Å². The smallest absolute Gasteiger partial charge is 0.216 e. The monoisotopic (exact) mass is 308 g/mol. The molecule has 2 rings (SSSR count). The van der Waals surface area contributed by atoms with Gasteiger partial charge < -0.3 is 9.47 Å². The van der Waals surface area contributed by atoms with Crippen LogP contribution in [-0.4, -0.2) is 29.8 Å². The average Bonchev–Trinajstić information content (AvgIpc) is 2.87. The SMILES string of the molecule is CCCn1ncc(Cl)c1C(=O)c1ccc(OC)cc1OC. The quantitative estimate of drug-likeness (QED) is 0.769. The van der Waals surface area contributed by atoms with Gasteiger partial charge in [0.1, 0.15) is 17.2 Å². The van der Waals surface area contributed by atoms with Crippen molar-refractivity contribution < 1.29 is 14.3 Å². The summed E-state index contributed by atoms with van der Waals surface area (Å²) in [4.78, 5) is 12.7. The molecule has 0 unspecified atom stereocenters. The van der Waals surface area contributed by atoms with Crippen molar-refractivity contribution in [2.45, 2.75) is 19.9 Å². The maximum atomic E-state index is 12.7. The topological polar surface area (TPSA) is 53.4 Å². The molecule has 0 aliphatic carbocycles. The molecule has 0 aliphatic rings. The number of halogens is 1. The fourth-order valence-electron chi connectivity index (χ4n) is 2.08. The molecule has 1 heterocycles. The first kappa shape index (κ1) is 15.4. The number of rotatable bonds is 6. The van der Waals surface area contributed by atoms with Crippen molar-refractivity contribution in [3.05, 3.63) is 40.7 Å². The second-order valence-corrected chi connectivity index (χ2v) is 4.87. The van der Waals surface area contributed by atoms with Crippen LogP contribution in [-0.2, 0) is 6.54 Å². The highest BCUT2D eigenvalue weighted by atomic mass is 35.5. The standard InChI is InChI=1S/C15H17ClN2O3/c1-4-7-18-14(12(16)9-17-18)15(19)11-6-5-10(20-2)8-13(11)21-3/h5-6,8-9H,4,7H2,1-3H3. The summed E-state index contributed by atoms with van der Waals surface area (Å²) >= 11 is 6.11. The molecule has 0 amide bonds. The third-order valence-corrected chi connectivity index (χ3v) is 3.38. The molecule has 0 radical (unpaired) electrons. The molecule has 0 bridgehead atoms. The third kappa shape index (κ3) is 3.03. The van der Waals surface area contributed by atoms with Crippen molar-refractivity contribution in [1.82, 2.24) is 9.78 Å². The predicted octanol–water partition coefficient (Wildman–Crippen LogP) is 3.19. The summed E-state index contributed by atoms with van der Waals surface area (Å²) in [5, 5.41) is 4.48. The van der Waals surface area contributed by atoms with E-state index in [2.05, 4.69) is 5.10 Å². The summed E-state index contributed by atoms with van der Waals surface area (Å²) in [6, 6.07) is 5.05. The van der Waals surface area contributed by atoms with Gasteiger partial charge >= 0.3 is 0 Å². The third-order valence-electron chi connectivity index (χ3n) is 3.10. The van der Waals surface area contributed by atoms with Crippen molar-refractivity contribution in [1.29, 1.82) is 0 Å². The van der Waals surface area contributed by atoms with E-state index < -0.39 is 0 Å². The molecule has 0 fully saturated rings. The van der Waals surface area contributed by atoms with E-state index in [-0.39, 0.29) is 5.78 Å². The van der Waals surface area contributed by atoms with Crippen LogP contribution < -0.4 is 9.47 Å². The average molecular weight is 309 g/mol. The van der Waals surface area contributed by atoms with Crippen molar-refractivity contribution in [2.75, 3.05) is 14.2 Å². The van der Waals surface area contributed by atoms with Crippen LogP contribution >= 0.6 is 11.6 Å². The predicted molar refractivity (Wildman–Crippen MR) is 80.5 cm³/mol. The van der Waals surface area contributed by atoms with Crippen molar-refractivity contribution >= 4 is 17.4 Å². The fraction of sp³-hybridized carbons (Fsp3) is 0.333. The van der Waals surface area contributed by atoms with Crippen LogP contribution in [0.4, 0.5) is 0 Å². The number of hydrogen-bond donors (Lipinski definition) is 0. The Labute approximate surface area is 128 Å². The van der Waals surface area contributed by atoms with Crippen molar-refractivity contribution in [2.24, 2.45) is 0 Å². The number of benzene rings is 1. The molecule has 0 atom stereocenters. The van der Waals surface area contributed by atoms with Gasteiger partial charge in [-0.1, -0.05) is 18.5 Å². The highest BCUT2D eigenvalue weighted by molar-refractivity contribution is 6.34. The summed E-state index contributed by atoms with van der Waals surface area (Å²) < 4.78 is 12.0. The first-order valence-corrected chi connectivity index (χ1v) is 6.98. The van der Waals surface area contributed by atoms with Crippen LogP contribution in [0.2, 0.25) is 5.02 Å². The molecule has 112 valence electrons. The van der Waals surface area contributed by atoms with Gasteiger partial charge in [-0.25, -0.2) is 0 Å². The highest BCUT2D eigenvalue weighted by Crippen LogP contribution is 2.28. The molecule has 2 aromatic rings. The Hall–Kier alpha value is -2.01. The van der Waals surface area contributed by atoms with Gasteiger partial charge in [0.25, 0.3) is 0 Å². The molecule has 0 aliphatic heterocycles. The van der Waals surface area contributed by atoms with E-state index in [1.54, 1.807) is 30.0 Å². The second-order valence-electron chi connectivity index (χ2n) is 4.46. The van der Waals surface area contributed by atoms with Crippen molar-refractivity contribution in [3.8, 4) is 11.5 Å². The van der Waals surface area contributed by atoms with Crippen LogP contribution in [0.5, 0.6) is 11.5 Å². The molecule has 0 saturated heterocycles. The van der Waals surface area contributed by atoms with Gasteiger partial charge in [-0.3, -0.25) is 9.48 Å². The highest BCUT2D eigenvalue weighted by Gasteiger charge is 2.22. The minimum absolute atomic E-state index is 0.217. The summed E-state index contributed by atoms with van der Waals surface area (Å²) in [7, 11) is 3.07. The van der Waals surface area contributed by atoms with E-state index in [1.165, 1.54) is 13.3 Å². The number of ketones is 1. The van der Waals surface area contributed by atoms with E-state index >= 15 is 0 Å². The molecule has 21 heavy (non-hydrogen) atoms. The molecule has 1 aromatic carbocycles. The van der Waals surface area contributed by atoms with Crippen LogP contribution in [0.25, 0.3) is 0 Å². The van der Waals surface area contributed by atoms with Gasteiger partial charge in [0, 0.05) is 12.6 Å². The van der Waals surface area contributed by atoms with Gasteiger partial charge in [-0.05, 0) is 18.6 Å². The maximum absolute atomic E-state index is 12.7. The van der Waals surface area contributed by atoms with Gasteiger partial charge in [0.15, 0.2) is 0 Å². The Kier molecular flexibility index (Phi) is 4.85. The number of carbonyl (C=O) groups is 1. The zero-order chi connectivity index (χ0) is 15.4. The zero-order valence-electron chi connectivity index (χ0n) is 12.2. The Balaban J connectivity index is 2.47. The molecule has 0 spiro atoms. The van der Waals surface area contributed by atoms with Gasteiger partial charge in [0.2, 0.25) is 5.78 Å². The molecule has 1 aromatic heterocycles. The molecular formula is C15H17ClN2O3. The van der Waals surface area contributed by atoms with Gasteiger partial charge in [-0.15, -0.1) is 0 Å². The normalized spacial score (nSPS) is 10.5. The second kappa shape index (κ2) is 6.63. The summed E-state index contributed by atoms with van der Waals surface area (Å²) in [6.07, 6.45) is 2.35. The van der Waals surface area contributed by atoms with E-state index in [1.807, 2.05) is 6.92 Å². The lowest BCUT2D eigenvalue weighted by Gasteiger charge is -2.11. The summed E-state index contributed by atoms with van der Waals surface area (Å²) in [6.45, 7) is 2.64. The summed E-state index contributed by atoms with van der Waals surface area (Å²) in [5.41, 5.74) is 0.806. The first-order valence-electron chi connectivity index (χ1n) is 6.60. The van der Waals surface area contributed by atoms with Crippen LogP contribution in [0.3, 0.4) is 0 Å². The van der Waals surface area contributed by atoms with E-state index in [4.69, 9.17) is 21.1 Å². The molecule has 0 saturated carbocycles.